The average Bonchev–Trinajstić information content (AvgIpc) is 3.35. The number of hydrogen-bond acceptors (Lipinski definition) is 4. The quantitative estimate of drug-likeness (QED) is 0.505. The molecule has 1 aliphatic heterocycles. The lowest BCUT2D eigenvalue weighted by Gasteiger charge is -2.40. The molecule has 1 aromatic heterocycles. The molecule has 1 saturated heterocycles. The van der Waals surface area contributed by atoms with Crippen LogP contribution in [-0.4, -0.2) is 36.7 Å². The maximum absolute atomic E-state index is 13.5. The van der Waals surface area contributed by atoms with Crippen LogP contribution in [0.1, 0.15) is 39.7 Å². The summed E-state index contributed by atoms with van der Waals surface area (Å²) in [6.45, 7) is 2.00. The summed E-state index contributed by atoms with van der Waals surface area (Å²) >= 11 is 7.75. The Kier molecular flexibility index (Phi) is 7.05. The summed E-state index contributed by atoms with van der Waals surface area (Å²) in [6.07, 6.45) is 0.714. The molecule has 0 bridgehead atoms. The van der Waals surface area contributed by atoms with Gasteiger partial charge in [0.25, 0.3) is 5.91 Å². The van der Waals surface area contributed by atoms with Gasteiger partial charge in [-0.25, -0.2) is 0 Å². The van der Waals surface area contributed by atoms with E-state index in [4.69, 9.17) is 11.6 Å². The van der Waals surface area contributed by atoms with Gasteiger partial charge in [0.2, 0.25) is 11.8 Å². The highest BCUT2D eigenvalue weighted by molar-refractivity contribution is 7.10. The lowest BCUT2D eigenvalue weighted by atomic mass is 9.86. The van der Waals surface area contributed by atoms with E-state index in [0.717, 1.165) is 16.1 Å². The Morgan fingerprint density at radius 2 is 1.85 bits per heavy atom. The van der Waals surface area contributed by atoms with Crippen molar-refractivity contribution in [3.8, 4) is 0 Å². The van der Waals surface area contributed by atoms with Crippen molar-refractivity contribution in [2.45, 2.75) is 25.8 Å². The first-order chi connectivity index (χ1) is 16.3. The molecule has 2 atom stereocenters. The van der Waals surface area contributed by atoms with E-state index in [2.05, 4.69) is 5.32 Å². The number of nitrogens with one attached hydrogen (secondary N) is 1. The number of hydrogen-bond donors (Lipinski definition) is 1. The molecule has 3 aromatic rings. The number of thiophene rings is 1. The second-order valence-corrected chi connectivity index (χ2v) is 9.97. The van der Waals surface area contributed by atoms with E-state index in [1.54, 1.807) is 37.2 Å². The molecule has 1 N–H and O–H groups in total. The number of anilines is 2. The van der Waals surface area contributed by atoms with Crippen LogP contribution in [0.25, 0.3) is 0 Å². The first kappa shape index (κ1) is 24.0. The summed E-state index contributed by atoms with van der Waals surface area (Å²) in [5.74, 6) is -0.905. The molecule has 0 aliphatic carbocycles. The monoisotopic (exact) mass is 495 g/mol. The first-order valence-electron chi connectivity index (χ1n) is 11.0. The van der Waals surface area contributed by atoms with Crippen LogP contribution >= 0.6 is 22.9 Å². The van der Waals surface area contributed by atoms with Gasteiger partial charge in [-0.15, -0.1) is 11.3 Å². The van der Waals surface area contributed by atoms with E-state index in [9.17, 15) is 14.4 Å². The molecule has 3 amide bonds. The van der Waals surface area contributed by atoms with E-state index in [1.165, 1.54) is 16.2 Å². The SMILES string of the molecule is Cc1ccc(N2C(=O)CCC(C(=O)Nc3ccc(Cl)c(C(=O)N(C)C)c3)C2c2cccs2)cc1. The maximum Gasteiger partial charge on any atom is 0.254 e. The zero-order valence-electron chi connectivity index (χ0n) is 19.2. The fourth-order valence-electron chi connectivity index (χ4n) is 4.20. The second kappa shape index (κ2) is 9.99. The second-order valence-electron chi connectivity index (χ2n) is 8.59. The van der Waals surface area contributed by atoms with Gasteiger partial charge in [-0.1, -0.05) is 35.4 Å². The Morgan fingerprint density at radius 3 is 2.50 bits per heavy atom. The number of carbonyl (C=O) groups is 3. The Balaban J connectivity index is 1.66. The van der Waals surface area contributed by atoms with E-state index in [0.29, 0.717) is 22.7 Å². The summed E-state index contributed by atoms with van der Waals surface area (Å²) in [7, 11) is 3.29. The molecule has 2 aromatic carbocycles. The highest BCUT2D eigenvalue weighted by Gasteiger charge is 2.42. The third kappa shape index (κ3) is 4.86. The molecule has 8 heteroatoms. The number of aryl methyl sites for hydroxylation is 1. The van der Waals surface area contributed by atoms with Crippen LogP contribution in [0.5, 0.6) is 0 Å². The molecule has 2 unspecified atom stereocenters. The fraction of sp³-hybridized carbons (Fsp3) is 0.269. The highest BCUT2D eigenvalue weighted by Crippen LogP contribution is 2.42. The van der Waals surface area contributed by atoms with Crippen molar-refractivity contribution >= 4 is 52.0 Å². The molecule has 34 heavy (non-hydrogen) atoms. The van der Waals surface area contributed by atoms with Crippen LogP contribution < -0.4 is 10.2 Å². The maximum atomic E-state index is 13.5. The van der Waals surface area contributed by atoms with Crippen molar-refractivity contribution in [3.63, 3.8) is 0 Å². The van der Waals surface area contributed by atoms with Gasteiger partial charge in [0.05, 0.1) is 22.5 Å². The van der Waals surface area contributed by atoms with Gasteiger partial charge < -0.3 is 15.1 Å². The van der Waals surface area contributed by atoms with Crippen LogP contribution in [0.3, 0.4) is 0 Å². The van der Waals surface area contributed by atoms with Gasteiger partial charge in [-0.3, -0.25) is 14.4 Å². The van der Waals surface area contributed by atoms with Gasteiger partial charge in [-0.2, -0.15) is 0 Å². The third-order valence-corrected chi connectivity index (χ3v) is 7.22. The van der Waals surface area contributed by atoms with E-state index >= 15 is 0 Å². The Bertz CT molecular complexity index is 1210. The number of benzene rings is 2. The molecule has 0 saturated carbocycles. The lowest BCUT2D eigenvalue weighted by Crippen LogP contribution is -2.46. The van der Waals surface area contributed by atoms with Crippen molar-refractivity contribution in [1.29, 1.82) is 0 Å². The van der Waals surface area contributed by atoms with E-state index in [-0.39, 0.29) is 24.1 Å². The van der Waals surface area contributed by atoms with Crippen molar-refractivity contribution in [1.82, 2.24) is 4.90 Å². The Labute approximate surface area is 208 Å². The third-order valence-electron chi connectivity index (χ3n) is 5.95. The molecular formula is C26H26ClN3O3S. The van der Waals surface area contributed by atoms with Crippen molar-refractivity contribution in [2.24, 2.45) is 5.92 Å². The largest absolute Gasteiger partial charge is 0.345 e. The van der Waals surface area contributed by atoms with Crippen LogP contribution in [0.15, 0.2) is 60.0 Å². The van der Waals surface area contributed by atoms with Crippen molar-refractivity contribution < 1.29 is 14.4 Å². The molecule has 4 rings (SSSR count). The summed E-state index contributed by atoms with van der Waals surface area (Å²) in [5, 5.41) is 5.23. The number of piperidine rings is 1. The summed E-state index contributed by atoms with van der Waals surface area (Å²) in [4.78, 5) is 43.2. The van der Waals surface area contributed by atoms with Crippen molar-refractivity contribution in [2.75, 3.05) is 24.3 Å². The smallest absolute Gasteiger partial charge is 0.254 e. The number of amides is 3. The molecule has 0 radical (unpaired) electrons. The molecule has 1 fully saturated rings. The van der Waals surface area contributed by atoms with Crippen LogP contribution in [-0.2, 0) is 9.59 Å². The van der Waals surface area contributed by atoms with Crippen LogP contribution in [0, 0.1) is 12.8 Å². The van der Waals surface area contributed by atoms with E-state index < -0.39 is 12.0 Å². The average molecular weight is 496 g/mol. The summed E-state index contributed by atoms with van der Waals surface area (Å²) < 4.78 is 0. The molecular weight excluding hydrogens is 470 g/mol. The van der Waals surface area contributed by atoms with Crippen LogP contribution in [0.2, 0.25) is 5.02 Å². The molecule has 2 heterocycles. The zero-order valence-corrected chi connectivity index (χ0v) is 20.8. The number of nitrogens with zero attached hydrogens (tertiary/aromatic N) is 2. The van der Waals surface area contributed by atoms with Crippen molar-refractivity contribution in [3.05, 3.63) is 81.0 Å². The highest BCUT2D eigenvalue weighted by atomic mass is 35.5. The molecule has 6 nitrogen and oxygen atoms in total. The van der Waals surface area contributed by atoms with Gasteiger partial charge in [0, 0.05) is 36.8 Å². The topological polar surface area (TPSA) is 69.7 Å². The standard InChI is InChI=1S/C26H26ClN3O3S/c1-16-6-9-18(10-7-16)30-23(31)13-11-19(24(30)22-5-4-14-34-22)25(32)28-17-8-12-21(27)20(15-17)26(33)29(2)3/h4-10,12,14-15,19,24H,11,13H2,1-3H3,(H,28,32). The first-order valence-corrected chi connectivity index (χ1v) is 12.3. The Morgan fingerprint density at radius 1 is 1.12 bits per heavy atom. The van der Waals surface area contributed by atoms with E-state index in [1.807, 2.05) is 48.7 Å². The number of carbonyl (C=O) groups excluding carboxylic acids is 3. The lowest BCUT2D eigenvalue weighted by molar-refractivity contribution is -0.125. The molecule has 176 valence electrons. The summed E-state index contributed by atoms with van der Waals surface area (Å²) in [5.41, 5.74) is 2.68. The number of halogens is 1. The van der Waals surface area contributed by atoms with Gasteiger partial charge >= 0.3 is 0 Å². The van der Waals surface area contributed by atoms with Gasteiger partial charge in [0.1, 0.15) is 0 Å². The van der Waals surface area contributed by atoms with Gasteiger partial charge in [0.15, 0.2) is 0 Å². The van der Waals surface area contributed by atoms with Crippen LogP contribution in [0.4, 0.5) is 11.4 Å². The van der Waals surface area contributed by atoms with Gasteiger partial charge in [-0.05, 0) is 55.1 Å². The Hall–Kier alpha value is -3.16. The zero-order chi connectivity index (χ0) is 24.4. The molecule has 1 aliphatic rings. The summed E-state index contributed by atoms with van der Waals surface area (Å²) in [6, 6.07) is 16.1. The fourth-order valence-corrected chi connectivity index (χ4v) is 5.28. The minimum Gasteiger partial charge on any atom is -0.345 e. The number of rotatable bonds is 5. The predicted octanol–water partition coefficient (Wildman–Crippen LogP) is 5.53. The normalized spacial score (nSPS) is 18.0. The molecule has 0 spiro atoms. The predicted molar refractivity (Wildman–Crippen MR) is 137 cm³/mol. The minimum atomic E-state index is -0.457. The minimum absolute atomic E-state index is 0.00309.